The highest BCUT2D eigenvalue weighted by atomic mass is 35.5. The van der Waals surface area contributed by atoms with Gasteiger partial charge in [-0.15, -0.1) is 11.3 Å². The molecule has 2 aromatic heterocycles. The Balaban J connectivity index is 1.79. The molecule has 0 unspecified atom stereocenters. The molecule has 0 atom stereocenters. The number of carbonyl (C=O) groups excluding carboxylic acids is 1. The average Bonchev–Trinajstić information content (AvgIpc) is 3.24. The smallest absolute Gasteiger partial charge is 0.160 e. The number of nitrogens with zero attached hydrogens (tertiary/aromatic N) is 2. The van der Waals surface area contributed by atoms with Crippen LogP contribution in [0.2, 0.25) is 10.0 Å². The lowest BCUT2D eigenvalue weighted by atomic mass is 10.1. The number of fused-ring (bicyclic) bond motifs is 1. The first-order valence-corrected chi connectivity index (χ1v) is 10.3. The number of hydrogen-bond acceptors (Lipinski definition) is 6. The summed E-state index contributed by atoms with van der Waals surface area (Å²) in [5, 5.41) is 14.3. The summed E-state index contributed by atoms with van der Waals surface area (Å²) in [6.07, 6.45) is 0.832. The lowest BCUT2D eigenvalue weighted by Gasteiger charge is -2.13. The zero-order valence-electron chi connectivity index (χ0n) is 15.6. The van der Waals surface area contributed by atoms with Gasteiger partial charge in [-0.3, -0.25) is 4.79 Å². The first-order valence-electron chi connectivity index (χ1n) is 8.72. The van der Waals surface area contributed by atoms with Crippen molar-refractivity contribution >= 4 is 63.2 Å². The molecule has 2 aromatic carbocycles. The van der Waals surface area contributed by atoms with E-state index < -0.39 is 0 Å². The fraction of sp³-hybridized carbons (Fsp3) is 0.0455. The first kappa shape index (κ1) is 20.2. The van der Waals surface area contributed by atoms with E-state index in [1.165, 1.54) is 18.4 Å². The van der Waals surface area contributed by atoms with Gasteiger partial charge in [0.2, 0.25) is 0 Å². The lowest BCUT2D eigenvalue weighted by molar-refractivity contribution is 0.112. The van der Waals surface area contributed by atoms with Gasteiger partial charge < -0.3 is 10.1 Å². The number of thiophene rings is 1. The maximum absolute atomic E-state index is 11.0. The van der Waals surface area contributed by atoms with Gasteiger partial charge in [-0.1, -0.05) is 35.3 Å². The van der Waals surface area contributed by atoms with Crippen LogP contribution >= 0.6 is 34.5 Å². The van der Waals surface area contributed by atoms with Crippen molar-refractivity contribution in [1.82, 2.24) is 4.98 Å². The van der Waals surface area contributed by atoms with Crippen molar-refractivity contribution in [2.24, 2.45) is 0 Å². The predicted molar refractivity (Wildman–Crippen MR) is 121 cm³/mol. The number of methoxy groups -OCH3 is 1. The van der Waals surface area contributed by atoms with E-state index in [2.05, 4.69) is 16.4 Å². The number of nitriles is 1. The van der Waals surface area contributed by atoms with Crippen molar-refractivity contribution in [3.05, 3.63) is 69.0 Å². The van der Waals surface area contributed by atoms with Crippen LogP contribution in [-0.4, -0.2) is 18.4 Å². The molecule has 0 saturated carbocycles. The van der Waals surface area contributed by atoms with Crippen LogP contribution in [0.1, 0.15) is 15.2 Å². The quantitative estimate of drug-likeness (QED) is 0.340. The van der Waals surface area contributed by atoms with Crippen LogP contribution in [0.25, 0.3) is 21.3 Å². The molecule has 0 spiro atoms. The molecule has 8 heteroatoms. The van der Waals surface area contributed by atoms with Gasteiger partial charge in [-0.2, -0.15) is 5.26 Å². The highest BCUT2D eigenvalue weighted by molar-refractivity contribution is 7.17. The molecule has 1 N–H and O–H groups in total. The Kier molecular flexibility index (Phi) is 5.60. The van der Waals surface area contributed by atoms with Gasteiger partial charge in [0.05, 0.1) is 38.8 Å². The van der Waals surface area contributed by atoms with E-state index in [0.717, 1.165) is 22.1 Å². The number of ether oxygens (including phenoxy) is 1. The molecule has 0 aliphatic carbocycles. The number of hydrogen-bond donors (Lipinski definition) is 1. The minimum Gasteiger partial charge on any atom is -0.495 e. The Morgan fingerprint density at radius 3 is 2.67 bits per heavy atom. The van der Waals surface area contributed by atoms with Crippen LogP contribution in [0.5, 0.6) is 5.75 Å². The van der Waals surface area contributed by atoms with Crippen LogP contribution < -0.4 is 10.1 Å². The van der Waals surface area contributed by atoms with Crippen LogP contribution in [0.15, 0.2) is 48.5 Å². The van der Waals surface area contributed by atoms with Crippen molar-refractivity contribution < 1.29 is 9.53 Å². The maximum atomic E-state index is 11.0. The SMILES string of the molecule is COc1cc(Nc2nc3cc(-c4ccc(C=O)s4)ccc3cc2C#N)c(Cl)cc1Cl. The molecule has 0 radical (unpaired) electrons. The van der Waals surface area contributed by atoms with E-state index in [4.69, 9.17) is 27.9 Å². The van der Waals surface area contributed by atoms with E-state index >= 15 is 0 Å². The molecule has 0 saturated heterocycles. The third kappa shape index (κ3) is 3.83. The Hall–Kier alpha value is -3.11. The van der Waals surface area contributed by atoms with Crippen molar-refractivity contribution in [3.8, 4) is 22.3 Å². The van der Waals surface area contributed by atoms with E-state index in [0.29, 0.717) is 43.3 Å². The summed E-state index contributed by atoms with van der Waals surface area (Å²) in [6, 6.07) is 16.6. The van der Waals surface area contributed by atoms with Crippen LogP contribution in [0.4, 0.5) is 11.5 Å². The molecule has 148 valence electrons. The van der Waals surface area contributed by atoms with Gasteiger partial charge in [0.1, 0.15) is 17.6 Å². The van der Waals surface area contributed by atoms with Gasteiger partial charge in [-0.25, -0.2) is 4.98 Å². The summed E-state index contributed by atoms with van der Waals surface area (Å²) in [5.74, 6) is 0.821. The topological polar surface area (TPSA) is 75.0 Å². The van der Waals surface area contributed by atoms with E-state index in [9.17, 15) is 10.1 Å². The summed E-state index contributed by atoms with van der Waals surface area (Å²) in [5.41, 5.74) is 2.54. The molecule has 0 bridgehead atoms. The van der Waals surface area contributed by atoms with Crippen molar-refractivity contribution in [2.45, 2.75) is 0 Å². The van der Waals surface area contributed by atoms with E-state index in [1.807, 2.05) is 24.3 Å². The number of aldehydes is 1. The Morgan fingerprint density at radius 2 is 1.97 bits per heavy atom. The minimum atomic E-state index is 0.369. The fourth-order valence-electron chi connectivity index (χ4n) is 2.98. The molecule has 30 heavy (non-hydrogen) atoms. The molecule has 2 heterocycles. The molecule has 5 nitrogen and oxygen atoms in total. The molecule has 0 fully saturated rings. The van der Waals surface area contributed by atoms with Crippen molar-refractivity contribution in [1.29, 1.82) is 5.26 Å². The zero-order chi connectivity index (χ0) is 21.3. The Bertz CT molecular complexity index is 1330. The second kappa shape index (κ2) is 8.33. The Labute approximate surface area is 186 Å². The summed E-state index contributed by atoms with van der Waals surface area (Å²) in [4.78, 5) is 17.2. The third-order valence-electron chi connectivity index (χ3n) is 4.46. The zero-order valence-corrected chi connectivity index (χ0v) is 17.9. The summed E-state index contributed by atoms with van der Waals surface area (Å²) < 4.78 is 5.24. The minimum absolute atomic E-state index is 0.369. The highest BCUT2D eigenvalue weighted by Crippen LogP contribution is 2.36. The number of halogens is 2. The molecule has 0 amide bonds. The van der Waals surface area contributed by atoms with Gasteiger partial charge in [0.25, 0.3) is 0 Å². The standard InChI is InChI=1S/C22H13Cl2N3O2S/c1-29-20-9-19(16(23)8-17(20)24)27-22-14(10-25)6-12-2-3-13(7-18(12)26-22)21-5-4-15(11-28)30-21/h2-9,11H,1H3,(H,26,27). The summed E-state index contributed by atoms with van der Waals surface area (Å²) in [7, 11) is 1.51. The van der Waals surface area contributed by atoms with Crippen LogP contribution in [0, 0.1) is 11.3 Å². The van der Waals surface area contributed by atoms with Gasteiger partial charge in [0.15, 0.2) is 6.29 Å². The van der Waals surface area contributed by atoms with Gasteiger partial charge in [-0.05, 0) is 35.9 Å². The number of pyridine rings is 1. The molecule has 4 rings (SSSR count). The molecular formula is C22H13Cl2N3O2S. The monoisotopic (exact) mass is 453 g/mol. The van der Waals surface area contributed by atoms with Gasteiger partial charge >= 0.3 is 0 Å². The van der Waals surface area contributed by atoms with E-state index in [1.54, 1.807) is 24.3 Å². The predicted octanol–water partition coefficient (Wildman–Crippen LogP) is 6.71. The molecule has 4 aromatic rings. The largest absolute Gasteiger partial charge is 0.495 e. The number of rotatable bonds is 5. The lowest BCUT2D eigenvalue weighted by Crippen LogP contribution is -1.99. The number of carbonyl (C=O) groups is 1. The van der Waals surface area contributed by atoms with E-state index in [-0.39, 0.29) is 0 Å². The summed E-state index contributed by atoms with van der Waals surface area (Å²) >= 11 is 13.8. The molecule has 0 aliphatic heterocycles. The average molecular weight is 454 g/mol. The second-order valence-corrected chi connectivity index (χ2v) is 8.25. The summed E-state index contributed by atoms with van der Waals surface area (Å²) in [6.45, 7) is 0. The number of nitrogens with one attached hydrogen (secondary N) is 1. The number of benzene rings is 2. The Morgan fingerprint density at radius 1 is 1.13 bits per heavy atom. The van der Waals surface area contributed by atoms with Crippen LogP contribution in [0.3, 0.4) is 0 Å². The van der Waals surface area contributed by atoms with Crippen molar-refractivity contribution in [3.63, 3.8) is 0 Å². The molecule has 0 aliphatic rings. The fourth-order valence-corrected chi connectivity index (χ4v) is 4.31. The van der Waals surface area contributed by atoms with Crippen LogP contribution in [-0.2, 0) is 0 Å². The third-order valence-corrected chi connectivity index (χ3v) is 6.13. The normalized spacial score (nSPS) is 10.6. The van der Waals surface area contributed by atoms with Crippen molar-refractivity contribution in [2.75, 3.05) is 12.4 Å². The number of anilines is 2. The van der Waals surface area contributed by atoms with Gasteiger partial charge in [0, 0.05) is 16.3 Å². The maximum Gasteiger partial charge on any atom is 0.160 e. The highest BCUT2D eigenvalue weighted by Gasteiger charge is 2.13. The molecular weight excluding hydrogens is 441 g/mol. The second-order valence-electron chi connectivity index (χ2n) is 6.32. The number of aromatic nitrogens is 1. The first-order chi connectivity index (χ1) is 14.5.